The second-order valence-corrected chi connectivity index (χ2v) is 6.51. The van der Waals surface area contributed by atoms with Crippen LogP contribution in [0.4, 0.5) is 4.39 Å². The van der Waals surface area contributed by atoms with Crippen LogP contribution in [0.1, 0.15) is 17.2 Å². The minimum atomic E-state index is -0.308. The molecule has 18 heavy (non-hydrogen) atoms. The molecule has 6 heteroatoms. The summed E-state index contributed by atoms with van der Waals surface area (Å²) in [7, 11) is 0. The predicted molar refractivity (Wildman–Crippen MR) is 77.2 cm³/mol. The van der Waals surface area contributed by atoms with Crippen molar-refractivity contribution in [3.8, 4) is 0 Å². The Balaban J connectivity index is 2.26. The van der Waals surface area contributed by atoms with Crippen LogP contribution >= 0.6 is 38.9 Å². The van der Waals surface area contributed by atoms with Gasteiger partial charge in [0.05, 0.1) is 9.83 Å². The highest BCUT2D eigenvalue weighted by molar-refractivity contribution is 9.11. The molecule has 0 saturated carbocycles. The summed E-state index contributed by atoms with van der Waals surface area (Å²) < 4.78 is 14.7. The first-order valence-corrected chi connectivity index (χ1v) is 7.30. The zero-order valence-electron chi connectivity index (χ0n) is 9.29. The molecule has 2 nitrogen and oxygen atoms in total. The maximum Gasteiger partial charge on any atom is 0.127 e. The summed E-state index contributed by atoms with van der Waals surface area (Å²) in [6.07, 6.45) is 0.408. The van der Waals surface area contributed by atoms with Gasteiger partial charge in [0.15, 0.2) is 0 Å². The number of nitrogens with one attached hydrogen (secondary N) is 1. The van der Waals surface area contributed by atoms with Crippen molar-refractivity contribution in [2.24, 2.45) is 5.84 Å². The van der Waals surface area contributed by atoms with E-state index in [0.717, 1.165) is 9.35 Å². The molecular weight excluding hydrogens is 339 g/mol. The van der Waals surface area contributed by atoms with E-state index in [0.29, 0.717) is 17.0 Å². The monoisotopic (exact) mass is 348 g/mol. The van der Waals surface area contributed by atoms with Crippen LogP contribution in [0.2, 0.25) is 5.02 Å². The summed E-state index contributed by atoms with van der Waals surface area (Å²) in [5.41, 5.74) is 4.18. The predicted octanol–water partition coefficient (Wildman–Crippen LogP) is 4.05. The molecule has 1 atom stereocenters. The molecule has 0 aliphatic heterocycles. The van der Waals surface area contributed by atoms with Crippen molar-refractivity contribution >= 4 is 38.9 Å². The standard InChI is InChI=1S/C12H11BrClFN2S/c13-12-4-7(6-18-12)11(17-16)5-8-9(14)2-1-3-10(8)15/h1-4,6,11,17H,5,16H2. The SMILES string of the molecule is NNC(Cc1c(F)cccc1Cl)c1csc(Br)c1. The zero-order valence-corrected chi connectivity index (χ0v) is 12.4. The van der Waals surface area contributed by atoms with E-state index in [9.17, 15) is 4.39 Å². The van der Waals surface area contributed by atoms with Crippen LogP contribution < -0.4 is 11.3 Å². The summed E-state index contributed by atoms with van der Waals surface area (Å²) in [4.78, 5) is 0. The van der Waals surface area contributed by atoms with E-state index in [2.05, 4.69) is 21.4 Å². The minimum Gasteiger partial charge on any atom is -0.271 e. The number of halogens is 3. The van der Waals surface area contributed by atoms with E-state index in [1.54, 1.807) is 23.5 Å². The number of hydrazine groups is 1. The first-order valence-electron chi connectivity index (χ1n) is 5.24. The average molecular weight is 350 g/mol. The first-order chi connectivity index (χ1) is 8.61. The molecule has 0 radical (unpaired) electrons. The summed E-state index contributed by atoms with van der Waals surface area (Å²) in [5.74, 6) is 5.23. The molecule has 0 aliphatic carbocycles. The fourth-order valence-corrected chi connectivity index (χ4v) is 3.18. The molecule has 96 valence electrons. The Hall–Kier alpha value is -0.460. The number of hydrogen-bond acceptors (Lipinski definition) is 3. The van der Waals surface area contributed by atoms with E-state index in [4.69, 9.17) is 17.4 Å². The lowest BCUT2D eigenvalue weighted by atomic mass is 10.0. The van der Waals surface area contributed by atoms with Gasteiger partial charge in [0.2, 0.25) is 0 Å². The van der Waals surface area contributed by atoms with Gasteiger partial charge in [-0.1, -0.05) is 17.7 Å². The number of thiophene rings is 1. The van der Waals surface area contributed by atoms with Crippen LogP contribution in [-0.4, -0.2) is 0 Å². The summed E-state index contributed by atoms with van der Waals surface area (Å²) in [6, 6.07) is 6.47. The number of nitrogens with two attached hydrogens (primary N) is 1. The fourth-order valence-electron chi connectivity index (χ4n) is 1.71. The Kier molecular flexibility index (Phi) is 4.75. The van der Waals surface area contributed by atoms with Crippen molar-refractivity contribution in [2.75, 3.05) is 0 Å². The number of benzene rings is 1. The summed E-state index contributed by atoms with van der Waals surface area (Å²) in [5, 5.41) is 2.40. The van der Waals surface area contributed by atoms with Gasteiger partial charge in [-0.25, -0.2) is 4.39 Å². The Morgan fingerprint density at radius 2 is 2.28 bits per heavy atom. The Labute approximate surface area is 122 Å². The van der Waals surface area contributed by atoms with Gasteiger partial charge in [-0.05, 0) is 51.5 Å². The van der Waals surface area contributed by atoms with Crippen LogP contribution in [-0.2, 0) is 6.42 Å². The third kappa shape index (κ3) is 3.10. The molecule has 0 bridgehead atoms. The molecular formula is C12H11BrClFN2S. The van der Waals surface area contributed by atoms with E-state index in [-0.39, 0.29) is 11.9 Å². The molecule has 0 spiro atoms. The maximum atomic E-state index is 13.7. The van der Waals surface area contributed by atoms with Gasteiger partial charge in [-0.2, -0.15) is 0 Å². The lowest BCUT2D eigenvalue weighted by molar-refractivity contribution is 0.530. The van der Waals surface area contributed by atoms with E-state index in [1.807, 2.05) is 11.4 Å². The Morgan fingerprint density at radius 3 is 2.83 bits per heavy atom. The highest BCUT2D eigenvalue weighted by Gasteiger charge is 2.16. The second-order valence-electron chi connectivity index (χ2n) is 3.81. The average Bonchev–Trinajstić information content (AvgIpc) is 2.76. The molecule has 1 aromatic heterocycles. The molecule has 1 unspecified atom stereocenters. The normalized spacial score (nSPS) is 12.7. The largest absolute Gasteiger partial charge is 0.271 e. The molecule has 2 rings (SSSR count). The van der Waals surface area contributed by atoms with Crippen molar-refractivity contribution in [3.63, 3.8) is 0 Å². The molecule has 0 saturated heterocycles. The van der Waals surface area contributed by atoms with Crippen LogP contribution in [0.25, 0.3) is 0 Å². The smallest absolute Gasteiger partial charge is 0.127 e. The van der Waals surface area contributed by atoms with Crippen LogP contribution in [0.15, 0.2) is 33.4 Å². The molecule has 0 fully saturated rings. The van der Waals surface area contributed by atoms with Gasteiger partial charge in [0.25, 0.3) is 0 Å². The minimum absolute atomic E-state index is 0.165. The number of rotatable bonds is 4. The highest BCUT2D eigenvalue weighted by Crippen LogP contribution is 2.29. The molecule has 1 heterocycles. The molecule has 0 aliphatic rings. The van der Waals surface area contributed by atoms with Crippen LogP contribution in [0.5, 0.6) is 0 Å². The third-order valence-electron chi connectivity index (χ3n) is 2.66. The van der Waals surface area contributed by atoms with Gasteiger partial charge < -0.3 is 0 Å². The van der Waals surface area contributed by atoms with Crippen molar-refractivity contribution in [3.05, 3.63) is 55.4 Å². The van der Waals surface area contributed by atoms with Gasteiger partial charge in [0, 0.05) is 10.6 Å². The summed E-state index contributed by atoms with van der Waals surface area (Å²) >= 11 is 11.0. The van der Waals surface area contributed by atoms with Gasteiger partial charge in [-0.3, -0.25) is 11.3 Å². The molecule has 3 N–H and O–H groups in total. The first kappa shape index (κ1) is 14.0. The van der Waals surface area contributed by atoms with Gasteiger partial charge in [0.1, 0.15) is 5.82 Å². The zero-order chi connectivity index (χ0) is 13.1. The fraction of sp³-hybridized carbons (Fsp3) is 0.167. The molecule has 2 aromatic rings. The lowest BCUT2D eigenvalue weighted by Gasteiger charge is -2.16. The molecule has 0 amide bonds. The van der Waals surface area contributed by atoms with Crippen molar-refractivity contribution in [2.45, 2.75) is 12.5 Å². The maximum absolute atomic E-state index is 13.7. The Morgan fingerprint density at radius 1 is 1.50 bits per heavy atom. The van der Waals surface area contributed by atoms with Gasteiger partial charge >= 0.3 is 0 Å². The third-order valence-corrected chi connectivity index (χ3v) is 4.54. The van der Waals surface area contributed by atoms with Crippen molar-refractivity contribution < 1.29 is 4.39 Å². The van der Waals surface area contributed by atoms with Crippen LogP contribution in [0, 0.1) is 5.82 Å². The number of hydrogen-bond donors (Lipinski definition) is 2. The Bertz CT molecular complexity index is 526. The quantitative estimate of drug-likeness (QED) is 0.645. The van der Waals surface area contributed by atoms with E-state index >= 15 is 0 Å². The van der Waals surface area contributed by atoms with E-state index in [1.165, 1.54) is 6.07 Å². The van der Waals surface area contributed by atoms with Crippen molar-refractivity contribution in [1.82, 2.24) is 5.43 Å². The lowest BCUT2D eigenvalue weighted by Crippen LogP contribution is -2.29. The van der Waals surface area contributed by atoms with Gasteiger partial charge in [-0.15, -0.1) is 11.3 Å². The van der Waals surface area contributed by atoms with E-state index < -0.39 is 0 Å². The topological polar surface area (TPSA) is 38.0 Å². The van der Waals surface area contributed by atoms with Crippen LogP contribution in [0.3, 0.4) is 0 Å². The second kappa shape index (κ2) is 6.12. The summed E-state index contributed by atoms with van der Waals surface area (Å²) in [6.45, 7) is 0. The molecule has 1 aromatic carbocycles. The highest BCUT2D eigenvalue weighted by atomic mass is 79.9. The van der Waals surface area contributed by atoms with Crippen molar-refractivity contribution in [1.29, 1.82) is 0 Å².